The minimum Gasteiger partial charge on any atom is -0.507 e. The van der Waals surface area contributed by atoms with Gasteiger partial charge in [-0.1, -0.05) is 30.3 Å². The van der Waals surface area contributed by atoms with E-state index in [0.717, 1.165) is 12.0 Å². The number of aliphatic hydroxyl groups excluding tert-OH is 1. The first-order valence-electron chi connectivity index (χ1n) is 6.02. The highest BCUT2D eigenvalue weighted by Crippen LogP contribution is 2.36. The average molecular weight is 370 g/mol. The van der Waals surface area contributed by atoms with E-state index in [0.29, 0.717) is 15.6 Å². The van der Waals surface area contributed by atoms with Gasteiger partial charge in [0, 0.05) is 5.56 Å². The largest absolute Gasteiger partial charge is 0.507 e. The van der Waals surface area contributed by atoms with Gasteiger partial charge in [-0.25, -0.2) is 0 Å². The highest BCUT2D eigenvalue weighted by atomic mass is 127. The molecule has 19 heavy (non-hydrogen) atoms. The lowest BCUT2D eigenvalue weighted by Crippen LogP contribution is -2.01. The number of rotatable bonds is 4. The van der Waals surface area contributed by atoms with Crippen LogP contribution in [0, 0.1) is 3.57 Å². The maximum Gasteiger partial charge on any atom is 0.138 e. The smallest absolute Gasteiger partial charge is 0.138 e. The van der Waals surface area contributed by atoms with E-state index in [2.05, 4.69) is 0 Å². The van der Waals surface area contributed by atoms with Crippen molar-refractivity contribution in [1.29, 1.82) is 0 Å². The fourth-order valence-electron chi connectivity index (χ4n) is 1.94. The molecule has 2 aromatic carbocycles. The third-order valence-corrected chi connectivity index (χ3v) is 4.10. The van der Waals surface area contributed by atoms with E-state index in [1.54, 1.807) is 6.07 Å². The minimum atomic E-state index is -0.741. The Bertz CT molecular complexity index is 555. The molecule has 4 heteroatoms. The molecule has 2 aromatic rings. The summed E-state index contributed by atoms with van der Waals surface area (Å²) in [6, 6.07) is 12.9. The van der Waals surface area contributed by atoms with Gasteiger partial charge >= 0.3 is 0 Å². The number of benzene rings is 2. The van der Waals surface area contributed by atoms with Crippen LogP contribution in [0.15, 0.2) is 42.5 Å². The molecule has 0 aliphatic carbocycles. The molecule has 0 fully saturated rings. The molecule has 0 aliphatic heterocycles. The SMILES string of the molecule is Oc1ccc(C(O)CCc2ccccc2)c(O)c1I. The molecule has 0 amide bonds. The van der Waals surface area contributed by atoms with Crippen molar-refractivity contribution in [2.45, 2.75) is 18.9 Å². The fourth-order valence-corrected chi connectivity index (χ4v) is 2.43. The van der Waals surface area contributed by atoms with E-state index in [-0.39, 0.29) is 11.5 Å². The Morgan fingerprint density at radius 2 is 1.68 bits per heavy atom. The summed E-state index contributed by atoms with van der Waals surface area (Å²) in [4.78, 5) is 0. The molecule has 100 valence electrons. The molecule has 1 atom stereocenters. The quantitative estimate of drug-likeness (QED) is 0.724. The molecule has 0 saturated heterocycles. The maximum atomic E-state index is 10.1. The van der Waals surface area contributed by atoms with Crippen LogP contribution in [0.25, 0.3) is 0 Å². The number of hydrogen-bond donors (Lipinski definition) is 3. The Kier molecular flexibility index (Phi) is 4.66. The average Bonchev–Trinajstić information content (AvgIpc) is 2.43. The molecular formula is C15H15IO3. The summed E-state index contributed by atoms with van der Waals surface area (Å²) in [7, 11) is 0. The van der Waals surface area contributed by atoms with Crippen LogP contribution in [0.2, 0.25) is 0 Å². The van der Waals surface area contributed by atoms with Gasteiger partial charge in [0.1, 0.15) is 11.5 Å². The van der Waals surface area contributed by atoms with Gasteiger partial charge < -0.3 is 15.3 Å². The van der Waals surface area contributed by atoms with Crippen molar-refractivity contribution in [3.8, 4) is 11.5 Å². The molecule has 0 aromatic heterocycles. The van der Waals surface area contributed by atoms with Crippen molar-refractivity contribution in [3.05, 3.63) is 57.2 Å². The molecule has 0 aliphatic rings. The zero-order chi connectivity index (χ0) is 13.8. The van der Waals surface area contributed by atoms with Crippen LogP contribution in [-0.4, -0.2) is 15.3 Å². The predicted molar refractivity (Wildman–Crippen MR) is 82.2 cm³/mol. The van der Waals surface area contributed by atoms with Crippen molar-refractivity contribution >= 4 is 22.6 Å². The van der Waals surface area contributed by atoms with Gasteiger partial charge in [0.05, 0.1) is 9.67 Å². The number of halogens is 1. The van der Waals surface area contributed by atoms with Crippen molar-refractivity contribution in [3.63, 3.8) is 0 Å². The van der Waals surface area contributed by atoms with Gasteiger partial charge in [0.25, 0.3) is 0 Å². The Morgan fingerprint density at radius 3 is 2.37 bits per heavy atom. The second-order valence-corrected chi connectivity index (χ2v) is 5.46. The fraction of sp³-hybridized carbons (Fsp3) is 0.200. The summed E-state index contributed by atoms with van der Waals surface area (Å²) < 4.78 is 0.369. The van der Waals surface area contributed by atoms with Crippen LogP contribution in [0.1, 0.15) is 23.7 Å². The van der Waals surface area contributed by atoms with E-state index < -0.39 is 6.10 Å². The molecule has 0 bridgehead atoms. The van der Waals surface area contributed by atoms with Crippen LogP contribution in [0.3, 0.4) is 0 Å². The van der Waals surface area contributed by atoms with Crippen molar-refractivity contribution in [2.24, 2.45) is 0 Å². The third kappa shape index (κ3) is 3.39. The van der Waals surface area contributed by atoms with E-state index in [9.17, 15) is 15.3 Å². The van der Waals surface area contributed by atoms with E-state index >= 15 is 0 Å². The lowest BCUT2D eigenvalue weighted by molar-refractivity contribution is 0.164. The zero-order valence-corrected chi connectivity index (χ0v) is 12.4. The summed E-state index contributed by atoms with van der Waals surface area (Å²) >= 11 is 1.86. The molecular weight excluding hydrogens is 355 g/mol. The number of aryl methyl sites for hydroxylation is 1. The molecule has 3 N–H and O–H groups in total. The van der Waals surface area contributed by atoms with E-state index in [1.807, 2.05) is 52.9 Å². The molecule has 2 rings (SSSR count). The highest BCUT2D eigenvalue weighted by molar-refractivity contribution is 14.1. The summed E-state index contributed by atoms with van der Waals surface area (Å²) in [5.41, 5.74) is 1.60. The Morgan fingerprint density at radius 1 is 1.00 bits per heavy atom. The Labute approximate surface area is 125 Å². The van der Waals surface area contributed by atoms with Crippen molar-refractivity contribution in [2.75, 3.05) is 0 Å². The summed E-state index contributed by atoms with van der Waals surface area (Å²) in [6.45, 7) is 0. The second-order valence-electron chi connectivity index (χ2n) is 4.38. The third-order valence-electron chi connectivity index (χ3n) is 3.04. The standard InChI is InChI=1S/C15H15IO3/c16-14-13(18)9-7-11(15(14)19)12(17)8-6-10-4-2-1-3-5-10/h1-5,7,9,12,17-19H,6,8H2. The molecule has 0 radical (unpaired) electrons. The first kappa shape index (κ1) is 14.1. The summed E-state index contributed by atoms with van der Waals surface area (Å²) in [5, 5.41) is 29.5. The number of aliphatic hydroxyl groups is 1. The maximum absolute atomic E-state index is 10.1. The number of aromatic hydroxyl groups is 2. The van der Waals surface area contributed by atoms with Gasteiger partial charge in [-0.2, -0.15) is 0 Å². The monoisotopic (exact) mass is 370 g/mol. The summed E-state index contributed by atoms with van der Waals surface area (Å²) in [5.74, 6) is -0.0155. The first-order valence-corrected chi connectivity index (χ1v) is 7.09. The zero-order valence-electron chi connectivity index (χ0n) is 10.3. The first-order chi connectivity index (χ1) is 9.09. The molecule has 0 spiro atoms. The van der Waals surface area contributed by atoms with E-state index in [4.69, 9.17) is 0 Å². The Balaban J connectivity index is 2.08. The predicted octanol–water partition coefficient (Wildman–Crippen LogP) is 3.37. The van der Waals surface area contributed by atoms with Crippen LogP contribution < -0.4 is 0 Å². The lowest BCUT2D eigenvalue weighted by Gasteiger charge is -2.14. The topological polar surface area (TPSA) is 60.7 Å². The lowest BCUT2D eigenvalue weighted by atomic mass is 10.0. The number of hydrogen-bond acceptors (Lipinski definition) is 3. The minimum absolute atomic E-state index is 0.0251. The molecule has 0 saturated carbocycles. The van der Waals surface area contributed by atoms with Crippen molar-refractivity contribution in [1.82, 2.24) is 0 Å². The van der Waals surface area contributed by atoms with Crippen molar-refractivity contribution < 1.29 is 15.3 Å². The summed E-state index contributed by atoms with van der Waals surface area (Å²) in [6.07, 6.45) is 0.520. The molecule has 0 heterocycles. The highest BCUT2D eigenvalue weighted by Gasteiger charge is 2.16. The van der Waals surface area contributed by atoms with Crippen LogP contribution in [0.5, 0.6) is 11.5 Å². The van der Waals surface area contributed by atoms with Gasteiger partial charge in [-0.15, -0.1) is 0 Å². The van der Waals surface area contributed by atoms with Crippen LogP contribution >= 0.6 is 22.6 Å². The van der Waals surface area contributed by atoms with Gasteiger partial charge in [-0.05, 0) is 53.1 Å². The normalized spacial score (nSPS) is 12.3. The van der Waals surface area contributed by atoms with Crippen LogP contribution in [-0.2, 0) is 6.42 Å². The number of phenolic OH excluding ortho intramolecular Hbond substituents is 2. The van der Waals surface area contributed by atoms with Gasteiger partial charge in [0.15, 0.2) is 0 Å². The van der Waals surface area contributed by atoms with Crippen LogP contribution in [0.4, 0.5) is 0 Å². The van der Waals surface area contributed by atoms with Gasteiger partial charge in [-0.3, -0.25) is 0 Å². The Hall–Kier alpha value is -1.27. The number of phenols is 2. The van der Waals surface area contributed by atoms with E-state index in [1.165, 1.54) is 6.07 Å². The molecule has 1 unspecified atom stereocenters. The second kappa shape index (κ2) is 6.25. The molecule has 3 nitrogen and oxygen atoms in total. The van der Waals surface area contributed by atoms with Gasteiger partial charge in [0.2, 0.25) is 0 Å².